The average molecular weight is 502 g/mol. The van der Waals surface area contributed by atoms with Crippen LogP contribution in [0, 0.1) is 5.82 Å². The number of rotatable bonds is 8. The van der Waals surface area contributed by atoms with Gasteiger partial charge in [-0.2, -0.15) is 0 Å². The van der Waals surface area contributed by atoms with Crippen molar-refractivity contribution < 1.29 is 18.7 Å². The van der Waals surface area contributed by atoms with Crippen LogP contribution in [-0.4, -0.2) is 32.1 Å². The van der Waals surface area contributed by atoms with Crippen LogP contribution in [0.2, 0.25) is 5.04 Å². The lowest BCUT2D eigenvalue weighted by molar-refractivity contribution is 0.104. The van der Waals surface area contributed by atoms with Gasteiger partial charge in [-0.3, -0.25) is 4.98 Å². The number of hydrogen-bond acceptors (Lipinski definition) is 4. The Morgan fingerprint density at radius 1 is 0.889 bits per heavy atom. The van der Waals surface area contributed by atoms with Crippen molar-refractivity contribution in [2.45, 2.75) is 31.9 Å². The summed E-state index contributed by atoms with van der Waals surface area (Å²) in [5, 5.41) is 12.5. The highest BCUT2D eigenvalue weighted by Crippen LogP contribution is 2.39. The van der Waals surface area contributed by atoms with E-state index in [4.69, 9.17) is 9.16 Å². The number of pyridine rings is 1. The van der Waals surface area contributed by atoms with Gasteiger partial charge in [0, 0.05) is 17.3 Å². The number of halogens is 1. The van der Waals surface area contributed by atoms with Crippen molar-refractivity contribution in [3.8, 4) is 16.9 Å². The van der Waals surface area contributed by atoms with E-state index in [9.17, 15) is 9.50 Å². The number of ether oxygens (including phenoxy) is 1. The summed E-state index contributed by atoms with van der Waals surface area (Å²) in [6, 6.07) is 28.8. The topological polar surface area (TPSA) is 51.6 Å². The van der Waals surface area contributed by atoms with Crippen molar-refractivity contribution in [3.05, 3.63) is 109 Å². The maximum Gasteiger partial charge on any atom is 0.262 e. The van der Waals surface area contributed by atoms with E-state index in [2.05, 4.69) is 50.0 Å². The molecular formula is C30H32FNO3Si. The maximum absolute atomic E-state index is 14.5. The molecule has 1 unspecified atom stereocenters. The van der Waals surface area contributed by atoms with Gasteiger partial charge in [-0.15, -0.1) is 0 Å². The molecule has 186 valence electrons. The van der Waals surface area contributed by atoms with Gasteiger partial charge in [-0.05, 0) is 39.7 Å². The Hall–Kier alpha value is -3.32. The van der Waals surface area contributed by atoms with Crippen LogP contribution in [0.5, 0.6) is 5.75 Å². The van der Waals surface area contributed by atoms with Gasteiger partial charge in [0.1, 0.15) is 17.7 Å². The van der Waals surface area contributed by atoms with E-state index in [-0.39, 0.29) is 17.5 Å². The molecule has 1 N–H and O–H groups in total. The van der Waals surface area contributed by atoms with Crippen LogP contribution in [0.1, 0.15) is 32.6 Å². The van der Waals surface area contributed by atoms with Crippen molar-refractivity contribution in [2.24, 2.45) is 0 Å². The van der Waals surface area contributed by atoms with Crippen LogP contribution in [0.3, 0.4) is 0 Å². The number of benzene rings is 3. The Bertz CT molecular complexity index is 1240. The molecule has 4 nitrogen and oxygen atoms in total. The van der Waals surface area contributed by atoms with E-state index in [0.29, 0.717) is 22.6 Å². The fraction of sp³-hybridized carbons (Fsp3) is 0.233. The number of methoxy groups -OCH3 is 1. The number of hydrogen-bond donors (Lipinski definition) is 1. The molecule has 6 heteroatoms. The minimum atomic E-state index is -2.89. The molecular weight excluding hydrogens is 469 g/mol. The molecule has 1 aromatic heterocycles. The van der Waals surface area contributed by atoms with E-state index in [1.807, 2.05) is 36.4 Å². The predicted molar refractivity (Wildman–Crippen MR) is 145 cm³/mol. The first-order valence-corrected chi connectivity index (χ1v) is 13.9. The first-order valence-electron chi connectivity index (χ1n) is 12.0. The van der Waals surface area contributed by atoms with Crippen LogP contribution < -0.4 is 15.1 Å². The van der Waals surface area contributed by atoms with Crippen molar-refractivity contribution in [3.63, 3.8) is 0 Å². The van der Waals surface area contributed by atoms with Crippen LogP contribution in [0.25, 0.3) is 11.1 Å². The summed E-state index contributed by atoms with van der Waals surface area (Å²) in [7, 11) is -1.34. The molecule has 0 amide bonds. The third-order valence-electron chi connectivity index (χ3n) is 6.50. The summed E-state index contributed by atoms with van der Waals surface area (Å²) >= 11 is 0. The summed E-state index contributed by atoms with van der Waals surface area (Å²) in [6.07, 6.45) is 0.963. The molecule has 0 saturated heterocycles. The number of aliphatic hydroxyl groups is 1. The van der Waals surface area contributed by atoms with Crippen molar-refractivity contribution in [2.75, 3.05) is 13.7 Å². The number of aromatic nitrogens is 1. The average Bonchev–Trinajstić information content (AvgIpc) is 2.90. The zero-order valence-corrected chi connectivity index (χ0v) is 22.1. The summed E-state index contributed by atoms with van der Waals surface area (Å²) in [4.78, 5) is 4.61. The fourth-order valence-corrected chi connectivity index (χ4v) is 9.34. The monoisotopic (exact) mass is 501 g/mol. The Balaban J connectivity index is 1.77. The first kappa shape index (κ1) is 25.8. The highest BCUT2D eigenvalue weighted by Gasteiger charge is 2.51. The molecule has 0 aliphatic heterocycles. The largest absolute Gasteiger partial charge is 0.497 e. The van der Waals surface area contributed by atoms with Crippen LogP contribution in [-0.2, 0) is 4.43 Å². The van der Waals surface area contributed by atoms with Gasteiger partial charge < -0.3 is 14.3 Å². The highest BCUT2D eigenvalue weighted by atomic mass is 28.4. The van der Waals surface area contributed by atoms with Gasteiger partial charge in [0.2, 0.25) is 0 Å². The standard InChI is InChI=1S/C30H32FNO3Si/c1-30(2,3)36(24-11-7-5-8-12-24,25-13-9-6-10-14-25)35-29(21-33)28-18-15-22(20-32-28)26-19-23(34-4)16-17-27(26)31/h5-20,29,33H,21H2,1-4H3. The molecule has 0 aliphatic carbocycles. The fourth-order valence-electron chi connectivity index (χ4n) is 4.70. The van der Waals surface area contributed by atoms with Crippen molar-refractivity contribution in [1.29, 1.82) is 0 Å². The zero-order valence-electron chi connectivity index (χ0n) is 21.1. The van der Waals surface area contributed by atoms with E-state index >= 15 is 0 Å². The molecule has 3 aromatic carbocycles. The Morgan fingerprint density at radius 2 is 1.50 bits per heavy atom. The molecule has 4 aromatic rings. The smallest absolute Gasteiger partial charge is 0.262 e. The van der Waals surface area contributed by atoms with Gasteiger partial charge in [0.25, 0.3) is 8.32 Å². The summed E-state index contributed by atoms with van der Waals surface area (Å²) in [6.45, 7) is 6.34. The molecule has 4 rings (SSSR count). The van der Waals surface area contributed by atoms with E-state index in [1.54, 1.807) is 37.6 Å². The molecule has 1 heterocycles. The molecule has 0 aliphatic rings. The Labute approximate surface area is 213 Å². The van der Waals surface area contributed by atoms with Gasteiger partial charge in [-0.1, -0.05) is 87.5 Å². The second kappa shape index (κ2) is 10.7. The quantitative estimate of drug-likeness (QED) is 0.324. The Kier molecular flexibility index (Phi) is 7.69. The predicted octanol–water partition coefficient (Wildman–Crippen LogP) is 5.51. The summed E-state index contributed by atoms with van der Waals surface area (Å²) in [5.74, 6) is 0.214. The Morgan fingerprint density at radius 3 is 1.97 bits per heavy atom. The lowest BCUT2D eigenvalue weighted by Gasteiger charge is -2.44. The SMILES string of the molecule is COc1ccc(F)c(-c2ccc(C(CO)O[Si](c3ccccc3)(c3ccccc3)C(C)(C)C)nc2)c1. The van der Waals surface area contributed by atoms with E-state index in [0.717, 1.165) is 10.4 Å². The lowest BCUT2D eigenvalue weighted by Crippen LogP contribution is -2.67. The second-order valence-corrected chi connectivity index (χ2v) is 14.0. The number of aliphatic hydroxyl groups excluding tert-OH is 1. The normalized spacial score (nSPS) is 12.8. The molecule has 0 bridgehead atoms. The zero-order chi connectivity index (χ0) is 25.8. The minimum absolute atomic E-state index is 0.232. The third-order valence-corrected chi connectivity index (χ3v) is 11.5. The highest BCUT2D eigenvalue weighted by molar-refractivity contribution is 6.99. The third kappa shape index (κ3) is 4.98. The molecule has 0 spiro atoms. The van der Waals surface area contributed by atoms with Crippen LogP contribution >= 0.6 is 0 Å². The summed E-state index contributed by atoms with van der Waals surface area (Å²) < 4.78 is 26.8. The van der Waals surface area contributed by atoms with Crippen molar-refractivity contribution >= 4 is 18.7 Å². The van der Waals surface area contributed by atoms with Gasteiger partial charge in [0.15, 0.2) is 0 Å². The molecule has 1 atom stereocenters. The van der Waals surface area contributed by atoms with E-state index in [1.165, 1.54) is 6.07 Å². The van der Waals surface area contributed by atoms with Crippen LogP contribution in [0.4, 0.5) is 4.39 Å². The van der Waals surface area contributed by atoms with Gasteiger partial charge >= 0.3 is 0 Å². The summed E-state index contributed by atoms with van der Waals surface area (Å²) in [5.41, 5.74) is 1.62. The van der Waals surface area contributed by atoms with Crippen molar-refractivity contribution in [1.82, 2.24) is 4.98 Å². The minimum Gasteiger partial charge on any atom is -0.497 e. The van der Waals surface area contributed by atoms with Gasteiger partial charge in [0.05, 0.1) is 19.4 Å². The van der Waals surface area contributed by atoms with E-state index < -0.39 is 14.4 Å². The second-order valence-electron chi connectivity index (χ2n) is 9.77. The first-order chi connectivity index (χ1) is 17.3. The molecule has 0 radical (unpaired) electrons. The molecule has 0 saturated carbocycles. The van der Waals surface area contributed by atoms with Gasteiger partial charge in [-0.25, -0.2) is 4.39 Å². The maximum atomic E-state index is 14.5. The molecule has 36 heavy (non-hydrogen) atoms. The lowest BCUT2D eigenvalue weighted by atomic mass is 10.1. The molecule has 0 fully saturated rings. The van der Waals surface area contributed by atoms with Crippen LogP contribution in [0.15, 0.2) is 97.2 Å². The number of nitrogens with zero attached hydrogens (tertiary/aromatic N) is 1.